The molecule has 0 aliphatic carbocycles. The Morgan fingerprint density at radius 3 is 2.28 bits per heavy atom. The second-order valence-corrected chi connectivity index (χ2v) is 13.4. The van der Waals surface area contributed by atoms with Crippen molar-refractivity contribution >= 4 is 29.5 Å². The van der Waals surface area contributed by atoms with E-state index in [0.29, 0.717) is 36.6 Å². The van der Waals surface area contributed by atoms with Crippen LogP contribution in [0.1, 0.15) is 84.0 Å². The monoisotopic (exact) mass is 696 g/mol. The molecule has 3 atom stereocenters. The fraction of sp³-hybridized carbons (Fsp3) is 0.325. The third-order valence-corrected chi connectivity index (χ3v) is 9.80. The summed E-state index contributed by atoms with van der Waals surface area (Å²) in [6.45, 7) is 2.51. The Bertz CT molecular complexity index is 1730. The molecule has 10 heteroatoms. The number of aliphatic hydroxyl groups is 1. The SMILES string of the molecule is CC(=O)NCCCCCC(=O)NCc1ccccc1-c1ccc(C2OC(CSc3ccccc3C(=O)O)CC(c3ccc(CO)cc3)O2)cc1. The third-order valence-electron chi connectivity index (χ3n) is 8.60. The molecule has 262 valence electrons. The zero-order valence-corrected chi connectivity index (χ0v) is 29.0. The van der Waals surface area contributed by atoms with Crippen molar-refractivity contribution in [1.82, 2.24) is 10.6 Å². The number of aliphatic hydroxyl groups excluding tert-OH is 1. The maximum atomic E-state index is 12.5. The lowest BCUT2D eigenvalue weighted by Crippen LogP contribution is -2.31. The van der Waals surface area contributed by atoms with Gasteiger partial charge in [0, 0.05) is 49.1 Å². The molecule has 1 fully saturated rings. The summed E-state index contributed by atoms with van der Waals surface area (Å²) in [4.78, 5) is 36.0. The van der Waals surface area contributed by atoms with Crippen LogP contribution in [-0.4, -0.2) is 46.4 Å². The Kier molecular flexibility index (Phi) is 13.6. The minimum atomic E-state index is -0.962. The Morgan fingerprint density at radius 2 is 1.54 bits per heavy atom. The van der Waals surface area contributed by atoms with Crippen molar-refractivity contribution in [3.63, 3.8) is 0 Å². The molecular weight excluding hydrogens is 653 g/mol. The number of thioether (sulfide) groups is 1. The van der Waals surface area contributed by atoms with Crippen LogP contribution in [0.5, 0.6) is 0 Å². The number of aromatic carboxylic acids is 1. The number of carboxylic acid groups (broad SMARTS) is 1. The molecule has 0 saturated carbocycles. The number of hydrogen-bond acceptors (Lipinski definition) is 7. The minimum absolute atomic E-state index is 0.000921. The first-order valence-corrected chi connectivity index (χ1v) is 17.9. The van der Waals surface area contributed by atoms with Gasteiger partial charge in [0.2, 0.25) is 11.8 Å². The van der Waals surface area contributed by atoms with E-state index >= 15 is 0 Å². The second-order valence-electron chi connectivity index (χ2n) is 12.3. The highest BCUT2D eigenvalue weighted by molar-refractivity contribution is 7.99. The summed E-state index contributed by atoms with van der Waals surface area (Å²) >= 11 is 1.46. The van der Waals surface area contributed by atoms with Gasteiger partial charge in [-0.1, -0.05) is 91.3 Å². The maximum absolute atomic E-state index is 12.5. The molecule has 0 aromatic heterocycles. The highest BCUT2D eigenvalue weighted by Gasteiger charge is 2.32. The molecule has 0 radical (unpaired) electrons. The van der Waals surface area contributed by atoms with Crippen molar-refractivity contribution in [2.45, 2.75) is 75.6 Å². The van der Waals surface area contributed by atoms with E-state index < -0.39 is 12.3 Å². The second kappa shape index (κ2) is 18.5. The number of amides is 2. The summed E-state index contributed by atoms with van der Waals surface area (Å²) in [6, 6.07) is 30.8. The van der Waals surface area contributed by atoms with Gasteiger partial charge in [-0.15, -0.1) is 11.8 Å². The predicted octanol–water partition coefficient (Wildman–Crippen LogP) is 7.19. The van der Waals surface area contributed by atoms with E-state index in [4.69, 9.17) is 9.47 Å². The van der Waals surface area contributed by atoms with Crippen LogP contribution in [0.3, 0.4) is 0 Å². The average Bonchev–Trinajstić information content (AvgIpc) is 3.14. The number of carbonyl (C=O) groups excluding carboxylic acids is 2. The first-order chi connectivity index (χ1) is 24.3. The molecule has 5 rings (SSSR count). The molecule has 4 aromatic carbocycles. The van der Waals surface area contributed by atoms with Crippen molar-refractivity contribution < 1.29 is 34.1 Å². The van der Waals surface area contributed by atoms with Crippen molar-refractivity contribution in [1.29, 1.82) is 0 Å². The summed E-state index contributed by atoms with van der Waals surface area (Å²) in [6.07, 6.45) is 2.40. The van der Waals surface area contributed by atoms with Crippen LogP contribution in [0, 0.1) is 0 Å². The Labute approximate surface area is 297 Å². The van der Waals surface area contributed by atoms with Gasteiger partial charge in [-0.2, -0.15) is 0 Å². The van der Waals surface area contributed by atoms with Crippen LogP contribution < -0.4 is 10.6 Å². The smallest absolute Gasteiger partial charge is 0.336 e. The molecule has 1 aliphatic heterocycles. The molecular formula is C40H44N2O7S. The van der Waals surface area contributed by atoms with Gasteiger partial charge in [-0.05, 0) is 52.8 Å². The first kappa shape index (κ1) is 36.8. The molecule has 1 heterocycles. The van der Waals surface area contributed by atoms with Crippen LogP contribution >= 0.6 is 11.8 Å². The number of carboxylic acids is 1. The van der Waals surface area contributed by atoms with Gasteiger partial charge in [-0.25, -0.2) is 4.79 Å². The maximum Gasteiger partial charge on any atom is 0.336 e. The zero-order valence-electron chi connectivity index (χ0n) is 28.2. The average molecular weight is 697 g/mol. The molecule has 2 amide bonds. The lowest BCUT2D eigenvalue weighted by Gasteiger charge is -2.36. The van der Waals surface area contributed by atoms with Gasteiger partial charge in [-0.3, -0.25) is 9.59 Å². The van der Waals surface area contributed by atoms with E-state index in [2.05, 4.69) is 10.6 Å². The van der Waals surface area contributed by atoms with Crippen LogP contribution in [0.2, 0.25) is 0 Å². The van der Waals surface area contributed by atoms with Gasteiger partial charge in [0.25, 0.3) is 0 Å². The van der Waals surface area contributed by atoms with E-state index in [9.17, 15) is 24.6 Å². The molecule has 50 heavy (non-hydrogen) atoms. The summed E-state index contributed by atoms with van der Waals surface area (Å²) in [5, 5.41) is 25.0. The Morgan fingerprint density at radius 1 is 0.820 bits per heavy atom. The highest BCUT2D eigenvalue weighted by Crippen LogP contribution is 2.40. The van der Waals surface area contributed by atoms with Gasteiger partial charge in [0.15, 0.2) is 6.29 Å². The highest BCUT2D eigenvalue weighted by atomic mass is 32.2. The molecule has 4 N–H and O–H groups in total. The minimum Gasteiger partial charge on any atom is -0.478 e. The van der Waals surface area contributed by atoms with Crippen molar-refractivity contribution in [3.8, 4) is 11.1 Å². The molecule has 0 bridgehead atoms. The Balaban J connectivity index is 1.25. The van der Waals surface area contributed by atoms with Gasteiger partial charge >= 0.3 is 5.97 Å². The van der Waals surface area contributed by atoms with Crippen LogP contribution in [0.15, 0.2) is 102 Å². The topological polar surface area (TPSA) is 134 Å². The quantitative estimate of drug-likeness (QED) is 0.0715. The van der Waals surface area contributed by atoms with Crippen LogP contribution in [0.4, 0.5) is 0 Å². The van der Waals surface area contributed by atoms with Crippen molar-refractivity contribution in [2.24, 2.45) is 0 Å². The molecule has 1 aliphatic rings. The predicted molar refractivity (Wildman–Crippen MR) is 193 cm³/mol. The fourth-order valence-electron chi connectivity index (χ4n) is 5.88. The van der Waals surface area contributed by atoms with E-state index in [1.807, 2.05) is 84.9 Å². The number of benzene rings is 4. The number of hydrogen-bond donors (Lipinski definition) is 4. The molecule has 0 spiro atoms. The van der Waals surface area contributed by atoms with E-state index in [-0.39, 0.29) is 36.2 Å². The van der Waals surface area contributed by atoms with Crippen molar-refractivity contribution in [2.75, 3.05) is 12.3 Å². The summed E-state index contributed by atoms with van der Waals surface area (Å²) < 4.78 is 13.0. The summed E-state index contributed by atoms with van der Waals surface area (Å²) in [5.74, 6) is -0.454. The van der Waals surface area contributed by atoms with Gasteiger partial charge < -0.3 is 30.3 Å². The lowest BCUT2D eigenvalue weighted by atomic mass is 9.97. The molecule has 9 nitrogen and oxygen atoms in total. The van der Waals surface area contributed by atoms with Gasteiger partial charge in [0.05, 0.1) is 24.4 Å². The normalized spacial score (nSPS) is 17.2. The number of carbonyl (C=O) groups is 3. The molecule has 4 aromatic rings. The lowest BCUT2D eigenvalue weighted by molar-refractivity contribution is -0.245. The zero-order chi connectivity index (χ0) is 35.3. The summed E-state index contributed by atoms with van der Waals surface area (Å²) in [7, 11) is 0. The largest absolute Gasteiger partial charge is 0.478 e. The fourth-order valence-corrected chi connectivity index (χ4v) is 6.95. The summed E-state index contributed by atoms with van der Waals surface area (Å²) in [5.41, 5.74) is 5.96. The number of rotatable bonds is 16. The number of ether oxygens (including phenoxy) is 2. The number of nitrogens with one attached hydrogen (secondary N) is 2. The van der Waals surface area contributed by atoms with E-state index in [1.165, 1.54) is 18.7 Å². The Hall–Kier alpha value is -4.48. The van der Waals surface area contributed by atoms with E-state index in [1.54, 1.807) is 12.1 Å². The standard InChI is InChI=1S/C40H44N2O7S/c1-27(44)41-22-8-2-3-13-38(45)42-24-32-9-4-5-10-34(32)29-18-20-31(21-19-29)40-48-33(26-50-37-12-7-6-11-35(37)39(46)47)23-36(49-40)30-16-14-28(25-43)15-17-30/h4-7,9-12,14-21,33,36,40,43H,2-3,8,13,22-26H2,1H3,(H,41,44)(H,42,45)(H,46,47). The molecule has 1 saturated heterocycles. The third kappa shape index (κ3) is 10.5. The molecule has 3 unspecified atom stereocenters. The van der Waals surface area contributed by atoms with E-state index in [0.717, 1.165) is 52.6 Å². The number of unbranched alkanes of at least 4 members (excludes halogenated alkanes) is 2. The van der Waals surface area contributed by atoms with Crippen LogP contribution in [-0.2, 0) is 32.2 Å². The van der Waals surface area contributed by atoms with Crippen LogP contribution in [0.25, 0.3) is 11.1 Å². The van der Waals surface area contributed by atoms with Crippen molar-refractivity contribution in [3.05, 3.63) is 125 Å². The van der Waals surface area contributed by atoms with Gasteiger partial charge in [0.1, 0.15) is 0 Å². The first-order valence-electron chi connectivity index (χ1n) is 17.0.